The minimum absolute atomic E-state index is 0.250. The molecule has 0 aromatic rings. The van der Waals surface area contributed by atoms with Gasteiger partial charge in [0.15, 0.2) is 12.6 Å². The Morgan fingerprint density at radius 3 is 0.947 bits per heavy atom. The van der Waals surface area contributed by atoms with Crippen LogP contribution in [0.4, 0.5) is 0 Å². The molecule has 0 aromatic heterocycles. The highest BCUT2D eigenvalue weighted by atomic mass is 16.5. The van der Waals surface area contributed by atoms with E-state index in [0.29, 0.717) is 0 Å². The summed E-state index contributed by atoms with van der Waals surface area (Å²) in [5.41, 5.74) is 7.63. The Morgan fingerprint density at radius 2 is 0.947 bits per heavy atom. The Bertz CT molecular complexity index is 178. The Morgan fingerprint density at radius 1 is 0.789 bits per heavy atom. The van der Waals surface area contributed by atoms with Crippen molar-refractivity contribution in [2.24, 2.45) is 11.5 Å². The molecule has 11 N–H and O–H groups in total. The number of aliphatic hydroxyl groups excluding tert-OH is 5. The first kappa shape index (κ1) is 23.7. The van der Waals surface area contributed by atoms with Crippen LogP contribution in [0.5, 0.6) is 0 Å². The number of rotatable bonds is 4. The van der Waals surface area contributed by atoms with Crippen LogP contribution in [-0.4, -0.2) is 79.2 Å². The summed E-state index contributed by atoms with van der Waals surface area (Å²) in [7, 11) is 0. The molecule has 0 saturated carbocycles. The largest absolute Gasteiger partial charge is 0.397 e. The van der Waals surface area contributed by atoms with Crippen LogP contribution < -0.4 is 11.5 Å². The summed E-state index contributed by atoms with van der Waals surface area (Å²) < 4.78 is 0. The number of hydrogen-bond acceptors (Lipinski definition) is 9. The summed E-state index contributed by atoms with van der Waals surface area (Å²) in [6.07, 6.45) is -3.32. The molecule has 9 heteroatoms. The van der Waals surface area contributed by atoms with Gasteiger partial charge in [0, 0.05) is 6.61 Å². The molecule has 2 atom stereocenters. The SMILES string of the molecule is CC(N)(CO)C(O)O.CC(N)(CO)C(O)O.CCO. The van der Waals surface area contributed by atoms with E-state index in [2.05, 4.69) is 0 Å². The molecule has 9 nitrogen and oxygen atoms in total. The maximum Gasteiger partial charge on any atom is 0.171 e. The first-order valence-corrected chi connectivity index (χ1v) is 5.55. The third-order valence-electron chi connectivity index (χ3n) is 1.86. The van der Waals surface area contributed by atoms with Crippen molar-refractivity contribution < 1.29 is 35.7 Å². The second-order valence-corrected chi connectivity index (χ2v) is 4.39. The topological polar surface area (TPSA) is 194 Å². The van der Waals surface area contributed by atoms with E-state index in [9.17, 15) is 0 Å². The summed E-state index contributed by atoms with van der Waals surface area (Å²) >= 11 is 0. The van der Waals surface area contributed by atoms with Crippen LogP contribution in [0.1, 0.15) is 20.8 Å². The molecule has 0 fully saturated rings. The molecule has 2 unspecified atom stereocenters. The number of nitrogens with two attached hydrogens (primary N) is 2. The Labute approximate surface area is 112 Å². The molecule has 0 bridgehead atoms. The second kappa shape index (κ2) is 11.5. The standard InChI is InChI=1S/2C4H11NO3.C2H6O/c2*1-4(5,2-6)3(7)8;1-2-3/h2*3,6-8H,2,5H2,1H3;3H,2H2,1H3. The van der Waals surface area contributed by atoms with Gasteiger partial charge < -0.3 is 47.2 Å². The lowest BCUT2D eigenvalue weighted by Crippen LogP contribution is -2.51. The molecule has 0 radical (unpaired) electrons. The van der Waals surface area contributed by atoms with Gasteiger partial charge in [-0.15, -0.1) is 0 Å². The van der Waals surface area contributed by atoms with Crippen LogP contribution >= 0.6 is 0 Å². The van der Waals surface area contributed by atoms with Gasteiger partial charge in [0.2, 0.25) is 0 Å². The van der Waals surface area contributed by atoms with Gasteiger partial charge in [-0.3, -0.25) is 0 Å². The van der Waals surface area contributed by atoms with Crippen LogP contribution in [-0.2, 0) is 0 Å². The monoisotopic (exact) mass is 288 g/mol. The van der Waals surface area contributed by atoms with Crippen molar-refractivity contribution in [3.8, 4) is 0 Å². The first-order valence-electron chi connectivity index (χ1n) is 5.55. The normalized spacial score (nSPS) is 16.7. The van der Waals surface area contributed by atoms with E-state index in [4.69, 9.17) is 47.2 Å². The van der Waals surface area contributed by atoms with Gasteiger partial charge in [-0.1, -0.05) is 0 Å². The molecule has 0 heterocycles. The van der Waals surface area contributed by atoms with Crippen molar-refractivity contribution in [3.63, 3.8) is 0 Å². The minimum atomic E-state index is -1.66. The molecule has 0 aromatic carbocycles. The van der Waals surface area contributed by atoms with Crippen molar-refractivity contribution in [2.75, 3.05) is 19.8 Å². The maximum atomic E-state index is 8.35. The van der Waals surface area contributed by atoms with E-state index in [1.165, 1.54) is 13.8 Å². The summed E-state index contributed by atoms with van der Waals surface area (Å²) in [6.45, 7) is 3.74. The average molecular weight is 288 g/mol. The van der Waals surface area contributed by atoms with E-state index in [-0.39, 0.29) is 6.61 Å². The predicted molar refractivity (Wildman–Crippen MR) is 68.6 cm³/mol. The van der Waals surface area contributed by atoms with Gasteiger partial charge in [-0.2, -0.15) is 0 Å². The zero-order chi connectivity index (χ0) is 16.3. The molecule has 0 spiro atoms. The summed E-state index contributed by atoms with van der Waals surface area (Å²) in [6, 6.07) is 0. The van der Waals surface area contributed by atoms with Gasteiger partial charge in [0.05, 0.1) is 24.3 Å². The van der Waals surface area contributed by atoms with Crippen LogP contribution in [0.15, 0.2) is 0 Å². The zero-order valence-corrected chi connectivity index (χ0v) is 11.6. The van der Waals surface area contributed by atoms with Crippen LogP contribution in [0.25, 0.3) is 0 Å². The minimum Gasteiger partial charge on any atom is -0.397 e. The van der Waals surface area contributed by atoms with E-state index >= 15 is 0 Å². The summed E-state index contributed by atoms with van der Waals surface area (Å²) in [5.74, 6) is 0. The molecular formula is C10H28N2O7. The van der Waals surface area contributed by atoms with Crippen LogP contribution in [0.2, 0.25) is 0 Å². The van der Waals surface area contributed by atoms with Crippen LogP contribution in [0, 0.1) is 0 Å². The fraction of sp³-hybridized carbons (Fsp3) is 1.00. The molecule has 0 aliphatic carbocycles. The van der Waals surface area contributed by atoms with Gasteiger partial charge in [0.1, 0.15) is 0 Å². The van der Waals surface area contributed by atoms with Gasteiger partial charge >= 0.3 is 0 Å². The number of aliphatic hydroxyl groups is 7. The number of hydrogen-bond donors (Lipinski definition) is 9. The van der Waals surface area contributed by atoms with Gasteiger partial charge in [0.25, 0.3) is 0 Å². The highest BCUT2D eigenvalue weighted by Gasteiger charge is 2.25. The second-order valence-electron chi connectivity index (χ2n) is 4.39. The Kier molecular flexibility index (Phi) is 14.3. The average Bonchev–Trinajstić information content (AvgIpc) is 2.30. The summed E-state index contributed by atoms with van der Waals surface area (Å²) in [5, 5.41) is 57.6. The highest BCUT2D eigenvalue weighted by molar-refractivity contribution is 4.79. The molecule has 19 heavy (non-hydrogen) atoms. The maximum absolute atomic E-state index is 8.35. The van der Waals surface area contributed by atoms with E-state index in [1.807, 2.05) is 0 Å². The first-order chi connectivity index (χ1) is 8.42. The molecule has 0 aliphatic heterocycles. The van der Waals surface area contributed by atoms with Gasteiger partial charge in [-0.05, 0) is 20.8 Å². The van der Waals surface area contributed by atoms with Crippen molar-refractivity contribution in [2.45, 2.75) is 44.4 Å². The Hall–Kier alpha value is -0.360. The van der Waals surface area contributed by atoms with Crippen molar-refractivity contribution in [1.29, 1.82) is 0 Å². The third kappa shape index (κ3) is 13.9. The van der Waals surface area contributed by atoms with Crippen molar-refractivity contribution in [1.82, 2.24) is 0 Å². The van der Waals surface area contributed by atoms with Crippen molar-refractivity contribution in [3.05, 3.63) is 0 Å². The van der Waals surface area contributed by atoms with E-state index < -0.39 is 36.9 Å². The zero-order valence-electron chi connectivity index (χ0n) is 11.6. The molecule has 0 aliphatic rings. The van der Waals surface area contributed by atoms with Crippen molar-refractivity contribution >= 4 is 0 Å². The molecule has 0 saturated heterocycles. The lowest BCUT2D eigenvalue weighted by atomic mass is 10.1. The fourth-order valence-corrected chi connectivity index (χ4v) is 0.163. The molecule has 0 amide bonds. The lowest BCUT2D eigenvalue weighted by molar-refractivity contribution is -0.104. The fourth-order valence-electron chi connectivity index (χ4n) is 0.163. The molecule has 0 rings (SSSR count). The van der Waals surface area contributed by atoms with E-state index in [1.54, 1.807) is 6.92 Å². The quantitative estimate of drug-likeness (QED) is 0.232. The molecular weight excluding hydrogens is 260 g/mol. The van der Waals surface area contributed by atoms with Crippen LogP contribution in [0.3, 0.4) is 0 Å². The highest BCUT2D eigenvalue weighted by Crippen LogP contribution is 2.00. The summed E-state index contributed by atoms with van der Waals surface area (Å²) in [4.78, 5) is 0. The predicted octanol–water partition coefficient (Wildman–Crippen LogP) is -3.99. The smallest absolute Gasteiger partial charge is 0.171 e. The lowest BCUT2D eigenvalue weighted by Gasteiger charge is -2.22. The van der Waals surface area contributed by atoms with E-state index in [0.717, 1.165) is 0 Å². The third-order valence-corrected chi connectivity index (χ3v) is 1.86. The Balaban J connectivity index is -0.000000224. The molecule has 120 valence electrons. The van der Waals surface area contributed by atoms with Gasteiger partial charge in [-0.25, -0.2) is 0 Å².